The van der Waals surface area contributed by atoms with Crippen molar-refractivity contribution in [2.45, 2.75) is 11.3 Å². The number of hydrogen-bond donors (Lipinski definition) is 2. The summed E-state index contributed by atoms with van der Waals surface area (Å²) >= 11 is 8.85. The molecule has 0 saturated heterocycles. The van der Waals surface area contributed by atoms with Crippen LogP contribution in [-0.4, -0.2) is 26.5 Å². The first-order valence-electron chi connectivity index (χ1n) is 4.48. The second-order valence-corrected chi connectivity index (χ2v) is 5.99. The maximum Gasteiger partial charge on any atom is 0.243 e. The van der Waals surface area contributed by atoms with Crippen molar-refractivity contribution in [3.63, 3.8) is 0 Å². The summed E-state index contributed by atoms with van der Waals surface area (Å²) in [5.41, 5.74) is 5.27. The van der Waals surface area contributed by atoms with Gasteiger partial charge in [0.1, 0.15) is 10.0 Å². The Bertz CT molecular complexity index is 466. The van der Waals surface area contributed by atoms with Gasteiger partial charge < -0.3 is 5.73 Å². The van der Waals surface area contributed by atoms with E-state index in [1.807, 2.05) is 0 Å². The van der Waals surface area contributed by atoms with Gasteiger partial charge in [-0.2, -0.15) is 0 Å². The zero-order valence-electron chi connectivity index (χ0n) is 8.28. The smallest absolute Gasteiger partial charge is 0.243 e. The normalized spacial score (nSPS) is 11.7. The molecule has 1 aromatic rings. The second-order valence-electron chi connectivity index (χ2n) is 2.98. The van der Waals surface area contributed by atoms with Crippen LogP contribution in [0.5, 0.6) is 0 Å². The fraction of sp³-hybridized carbons (Fsp3) is 0.375. The van der Waals surface area contributed by atoms with E-state index in [1.165, 1.54) is 12.3 Å². The molecule has 0 saturated carbocycles. The van der Waals surface area contributed by atoms with Gasteiger partial charge in [0, 0.05) is 17.2 Å². The van der Waals surface area contributed by atoms with E-state index >= 15 is 0 Å². The summed E-state index contributed by atoms with van der Waals surface area (Å²) in [6.07, 6.45) is 2.00. The number of aromatic nitrogens is 1. The molecule has 0 bridgehead atoms. The van der Waals surface area contributed by atoms with E-state index in [2.05, 4.69) is 25.6 Å². The fourth-order valence-electron chi connectivity index (χ4n) is 0.979. The van der Waals surface area contributed by atoms with Gasteiger partial charge in [-0.25, -0.2) is 18.1 Å². The number of nitrogens with two attached hydrogens (primary N) is 1. The highest BCUT2D eigenvalue weighted by Crippen LogP contribution is 2.22. The van der Waals surface area contributed by atoms with Crippen molar-refractivity contribution in [2.24, 2.45) is 5.73 Å². The van der Waals surface area contributed by atoms with E-state index in [9.17, 15) is 8.42 Å². The summed E-state index contributed by atoms with van der Waals surface area (Å²) in [7, 11) is -3.62. The van der Waals surface area contributed by atoms with Crippen LogP contribution in [0.1, 0.15) is 6.42 Å². The third-order valence-electron chi connectivity index (χ3n) is 1.74. The van der Waals surface area contributed by atoms with Gasteiger partial charge in [0.15, 0.2) is 0 Å². The zero-order valence-corrected chi connectivity index (χ0v) is 11.4. The molecule has 16 heavy (non-hydrogen) atoms. The maximum atomic E-state index is 11.8. The van der Waals surface area contributed by atoms with Gasteiger partial charge in [-0.15, -0.1) is 0 Å². The lowest BCUT2D eigenvalue weighted by Crippen LogP contribution is -2.26. The van der Waals surface area contributed by atoms with Crippen molar-refractivity contribution < 1.29 is 8.42 Å². The van der Waals surface area contributed by atoms with Crippen LogP contribution in [0.2, 0.25) is 5.15 Å². The first-order valence-corrected chi connectivity index (χ1v) is 7.13. The zero-order chi connectivity index (χ0) is 12.2. The van der Waals surface area contributed by atoms with Gasteiger partial charge in [0.05, 0.1) is 0 Å². The molecule has 8 heteroatoms. The minimum atomic E-state index is -3.62. The molecule has 0 aliphatic carbocycles. The van der Waals surface area contributed by atoms with Gasteiger partial charge in [-0.3, -0.25) is 0 Å². The first-order chi connectivity index (χ1) is 7.47. The molecule has 0 atom stereocenters. The Morgan fingerprint density at radius 3 is 2.88 bits per heavy atom. The van der Waals surface area contributed by atoms with Crippen LogP contribution < -0.4 is 10.5 Å². The molecule has 0 aliphatic heterocycles. The number of nitrogens with one attached hydrogen (secondary N) is 1. The highest BCUT2D eigenvalue weighted by Gasteiger charge is 2.18. The summed E-state index contributed by atoms with van der Waals surface area (Å²) in [4.78, 5) is 3.71. The lowest BCUT2D eigenvalue weighted by Gasteiger charge is -2.07. The monoisotopic (exact) mass is 327 g/mol. The van der Waals surface area contributed by atoms with Crippen molar-refractivity contribution in [3.05, 3.63) is 21.9 Å². The molecule has 0 spiro atoms. The number of hydrogen-bond acceptors (Lipinski definition) is 4. The summed E-state index contributed by atoms with van der Waals surface area (Å²) in [5.74, 6) is 0. The third kappa shape index (κ3) is 3.67. The second kappa shape index (κ2) is 5.92. The molecule has 1 aromatic heterocycles. The van der Waals surface area contributed by atoms with E-state index in [-0.39, 0.29) is 16.6 Å². The third-order valence-corrected chi connectivity index (χ3v) is 4.06. The van der Waals surface area contributed by atoms with E-state index in [0.717, 1.165) is 0 Å². The Balaban J connectivity index is 2.93. The predicted octanol–water partition coefficient (Wildman–Crippen LogP) is 1.12. The fourth-order valence-corrected chi connectivity index (χ4v) is 2.99. The Morgan fingerprint density at radius 1 is 1.56 bits per heavy atom. The average molecular weight is 329 g/mol. The predicted molar refractivity (Wildman–Crippen MR) is 65.8 cm³/mol. The van der Waals surface area contributed by atoms with Crippen LogP contribution in [0.25, 0.3) is 0 Å². The molecule has 5 nitrogen and oxygen atoms in total. The van der Waals surface area contributed by atoms with Crippen LogP contribution >= 0.6 is 27.5 Å². The highest BCUT2D eigenvalue weighted by atomic mass is 79.9. The van der Waals surface area contributed by atoms with Crippen molar-refractivity contribution in [1.82, 2.24) is 9.71 Å². The van der Waals surface area contributed by atoms with E-state index in [4.69, 9.17) is 17.3 Å². The van der Waals surface area contributed by atoms with Crippen molar-refractivity contribution in [3.8, 4) is 0 Å². The minimum Gasteiger partial charge on any atom is -0.330 e. The number of pyridine rings is 1. The van der Waals surface area contributed by atoms with E-state index in [0.29, 0.717) is 17.4 Å². The van der Waals surface area contributed by atoms with Crippen LogP contribution in [-0.2, 0) is 10.0 Å². The standard InChI is InChI=1S/C8H11BrClN3O2S/c9-6-4-7(8(10)12-5-6)16(14,15)13-3-1-2-11/h4-5,13H,1-3,11H2. The summed E-state index contributed by atoms with van der Waals surface area (Å²) in [6.45, 7) is 0.703. The van der Waals surface area contributed by atoms with E-state index in [1.54, 1.807) is 0 Å². The molecule has 1 rings (SSSR count). The molecule has 0 aromatic carbocycles. The number of rotatable bonds is 5. The van der Waals surface area contributed by atoms with Gasteiger partial charge >= 0.3 is 0 Å². The molecule has 0 aliphatic rings. The number of nitrogens with zero attached hydrogens (tertiary/aromatic N) is 1. The Hall–Kier alpha value is -0.210. The molecule has 0 amide bonds. The van der Waals surface area contributed by atoms with Crippen LogP contribution in [0, 0.1) is 0 Å². The van der Waals surface area contributed by atoms with Crippen LogP contribution in [0.15, 0.2) is 21.6 Å². The van der Waals surface area contributed by atoms with Gasteiger partial charge in [-0.05, 0) is 35.0 Å². The van der Waals surface area contributed by atoms with Crippen molar-refractivity contribution >= 4 is 37.6 Å². The van der Waals surface area contributed by atoms with Gasteiger partial charge in [0.2, 0.25) is 10.0 Å². The largest absolute Gasteiger partial charge is 0.330 e. The molecule has 3 N–H and O–H groups in total. The Kier molecular flexibility index (Phi) is 5.13. The first kappa shape index (κ1) is 13.9. The summed E-state index contributed by atoms with van der Waals surface area (Å²) in [6, 6.07) is 1.40. The number of sulfonamides is 1. The van der Waals surface area contributed by atoms with Crippen LogP contribution in [0.4, 0.5) is 0 Å². The number of halogens is 2. The quantitative estimate of drug-likeness (QED) is 0.626. The summed E-state index contributed by atoms with van der Waals surface area (Å²) < 4.78 is 26.5. The van der Waals surface area contributed by atoms with Crippen LogP contribution in [0.3, 0.4) is 0 Å². The van der Waals surface area contributed by atoms with Crippen molar-refractivity contribution in [2.75, 3.05) is 13.1 Å². The Morgan fingerprint density at radius 2 is 2.25 bits per heavy atom. The lowest BCUT2D eigenvalue weighted by atomic mass is 10.4. The highest BCUT2D eigenvalue weighted by molar-refractivity contribution is 9.10. The molecular weight excluding hydrogens is 318 g/mol. The van der Waals surface area contributed by atoms with Crippen molar-refractivity contribution in [1.29, 1.82) is 0 Å². The average Bonchev–Trinajstić information content (AvgIpc) is 2.22. The Labute approximate surface area is 108 Å². The molecule has 1 heterocycles. The lowest BCUT2D eigenvalue weighted by molar-refractivity contribution is 0.579. The topological polar surface area (TPSA) is 85.1 Å². The van der Waals surface area contributed by atoms with E-state index < -0.39 is 10.0 Å². The van der Waals surface area contributed by atoms with Gasteiger partial charge in [0.25, 0.3) is 0 Å². The SMILES string of the molecule is NCCCNS(=O)(=O)c1cc(Br)cnc1Cl. The van der Waals surface area contributed by atoms with Gasteiger partial charge in [-0.1, -0.05) is 11.6 Å². The molecule has 90 valence electrons. The summed E-state index contributed by atoms with van der Waals surface area (Å²) in [5, 5.41) is -0.0524. The molecular formula is C8H11BrClN3O2S. The molecule has 0 fully saturated rings. The minimum absolute atomic E-state index is 0.0411. The molecule has 0 radical (unpaired) electrons. The molecule has 0 unspecified atom stereocenters. The maximum absolute atomic E-state index is 11.8.